The third-order valence-corrected chi connectivity index (χ3v) is 4.51. The van der Waals surface area contributed by atoms with Crippen molar-refractivity contribution in [2.45, 2.75) is 32.0 Å². The molecule has 29 heavy (non-hydrogen) atoms. The largest absolute Gasteiger partial charge is 0.490 e. The van der Waals surface area contributed by atoms with Crippen LogP contribution in [-0.4, -0.2) is 36.2 Å². The van der Waals surface area contributed by atoms with Crippen LogP contribution in [0.25, 0.3) is 0 Å². The third-order valence-electron chi connectivity index (χ3n) is 4.51. The van der Waals surface area contributed by atoms with Gasteiger partial charge in [-0.3, -0.25) is 4.79 Å². The molecule has 0 radical (unpaired) electrons. The first-order valence-electron chi connectivity index (χ1n) is 9.17. The number of carboxylic acids is 1. The van der Waals surface area contributed by atoms with Gasteiger partial charge in [0.25, 0.3) is 0 Å². The predicted molar refractivity (Wildman–Crippen MR) is 104 cm³/mol. The van der Waals surface area contributed by atoms with Crippen molar-refractivity contribution in [3.05, 3.63) is 65.7 Å². The number of para-hydroxylation sites is 1. The first-order chi connectivity index (χ1) is 13.7. The summed E-state index contributed by atoms with van der Waals surface area (Å²) < 4.78 is 31.7. The van der Waals surface area contributed by atoms with Crippen LogP contribution < -0.4 is 10.2 Å². The van der Waals surface area contributed by atoms with E-state index < -0.39 is 12.1 Å². The van der Waals surface area contributed by atoms with Gasteiger partial charge in [0, 0.05) is 18.3 Å². The summed E-state index contributed by atoms with van der Waals surface area (Å²) in [4.78, 5) is 23.4. The molecule has 0 aromatic heterocycles. The Morgan fingerprint density at radius 3 is 2.31 bits per heavy atom. The van der Waals surface area contributed by atoms with Crippen LogP contribution in [0.5, 0.6) is 0 Å². The van der Waals surface area contributed by atoms with Gasteiger partial charge in [0.15, 0.2) is 0 Å². The Labute approximate surface area is 167 Å². The number of nitrogens with zero attached hydrogens (tertiary/aromatic N) is 1. The highest BCUT2D eigenvalue weighted by Crippen LogP contribution is 2.26. The second kappa shape index (κ2) is 10.1. The molecule has 0 saturated carbocycles. The highest BCUT2D eigenvalue weighted by atomic mass is 19.4. The standard InChI is InChI=1S/C19H22N2O.C2HF3O2/c1-15(16-8-3-2-4-9-16)20-14-19(22)21-13-7-11-17-10-5-6-12-18(17)21;3-2(4,5)1(6)7/h2-6,8-10,12,15,20H,7,11,13-14H2,1H3;(H,6,7). The number of alkyl halides is 3. The summed E-state index contributed by atoms with van der Waals surface area (Å²) in [6.45, 7) is 3.27. The van der Waals surface area contributed by atoms with Crippen molar-refractivity contribution in [2.24, 2.45) is 0 Å². The van der Waals surface area contributed by atoms with E-state index in [2.05, 4.69) is 30.4 Å². The number of carbonyl (C=O) groups is 2. The van der Waals surface area contributed by atoms with Gasteiger partial charge in [-0.25, -0.2) is 4.79 Å². The van der Waals surface area contributed by atoms with E-state index in [1.54, 1.807) is 0 Å². The predicted octanol–water partition coefficient (Wildman–Crippen LogP) is 3.95. The van der Waals surface area contributed by atoms with Crippen LogP contribution in [0.4, 0.5) is 18.9 Å². The van der Waals surface area contributed by atoms with Crippen LogP contribution in [0.3, 0.4) is 0 Å². The van der Waals surface area contributed by atoms with Crippen LogP contribution >= 0.6 is 0 Å². The van der Waals surface area contributed by atoms with Crippen molar-refractivity contribution in [3.63, 3.8) is 0 Å². The van der Waals surface area contributed by atoms with Crippen LogP contribution in [0.1, 0.15) is 30.5 Å². The second-order valence-corrected chi connectivity index (χ2v) is 6.59. The average molecular weight is 408 g/mol. The Hall–Kier alpha value is -2.87. The highest BCUT2D eigenvalue weighted by Gasteiger charge is 2.38. The summed E-state index contributed by atoms with van der Waals surface area (Å²) in [7, 11) is 0. The van der Waals surface area contributed by atoms with E-state index in [1.807, 2.05) is 41.3 Å². The molecule has 2 aromatic carbocycles. The molecule has 2 N–H and O–H groups in total. The van der Waals surface area contributed by atoms with E-state index >= 15 is 0 Å². The number of anilines is 1. The summed E-state index contributed by atoms with van der Waals surface area (Å²) >= 11 is 0. The van der Waals surface area contributed by atoms with Crippen LogP contribution in [0.15, 0.2) is 54.6 Å². The number of hydrogen-bond donors (Lipinski definition) is 2. The molecule has 0 saturated heterocycles. The Balaban J connectivity index is 0.000000370. The van der Waals surface area contributed by atoms with E-state index in [0.29, 0.717) is 6.54 Å². The van der Waals surface area contributed by atoms with Gasteiger partial charge in [-0.05, 0) is 37.0 Å². The fourth-order valence-electron chi connectivity index (χ4n) is 2.99. The van der Waals surface area contributed by atoms with Gasteiger partial charge in [0.2, 0.25) is 5.91 Å². The zero-order chi connectivity index (χ0) is 21.4. The summed E-state index contributed by atoms with van der Waals surface area (Å²) in [5, 5.41) is 10.5. The molecule has 8 heteroatoms. The van der Waals surface area contributed by atoms with E-state index in [0.717, 1.165) is 25.1 Å². The van der Waals surface area contributed by atoms with Crippen LogP contribution in [0, 0.1) is 0 Å². The lowest BCUT2D eigenvalue weighted by Gasteiger charge is -2.30. The fraction of sp³-hybridized carbons (Fsp3) is 0.333. The number of aliphatic carboxylic acids is 1. The lowest BCUT2D eigenvalue weighted by molar-refractivity contribution is -0.192. The minimum Gasteiger partial charge on any atom is -0.475 e. The molecule has 2 aromatic rings. The molecule has 1 amide bonds. The lowest BCUT2D eigenvalue weighted by atomic mass is 10.0. The zero-order valence-corrected chi connectivity index (χ0v) is 15.9. The lowest BCUT2D eigenvalue weighted by Crippen LogP contribution is -2.41. The number of rotatable bonds is 4. The van der Waals surface area contributed by atoms with Crippen molar-refractivity contribution < 1.29 is 27.9 Å². The van der Waals surface area contributed by atoms with Crippen molar-refractivity contribution in [3.8, 4) is 0 Å². The fourth-order valence-corrected chi connectivity index (χ4v) is 2.99. The first-order valence-corrected chi connectivity index (χ1v) is 9.17. The molecular formula is C21H23F3N2O3. The smallest absolute Gasteiger partial charge is 0.475 e. The molecule has 1 aliphatic heterocycles. The molecule has 0 bridgehead atoms. The number of nitrogens with one attached hydrogen (secondary N) is 1. The number of halogens is 3. The average Bonchev–Trinajstić information content (AvgIpc) is 2.71. The molecule has 5 nitrogen and oxygen atoms in total. The van der Waals surface area contributed by atoms with Crippen LogP contribution in [0.2, 0.25) is 0 Å². The summed E-state index contributed by atoms with van der Waals surface area (Å²) in [6, 6.07) is 18.6. The molecule has 1 aliphatic rings. The molecule has 1 atom stereocenters. The van der Waals surface area contributed by atoms with E-state index in [1.165, 1.54) is 11.1 Å². The van der Waals surface area contributed by atoms with Crippen molar-refractivity contribution in [1.82, 2.24) is 5.32 Å². The molecule has 0 spiro atoms. The number of carboxylic acid groups (broad SMARTS) is 1. The van der Waals surface area contributed by atoms with Gasteiger partial charge in [-0.2, -0.15) is 13.2 Å². The zero-order valence-electron chi connectivity index (χ0n) is 15.9. The van der Waals surface area contributed by atoms with Crippen molar-refractivity contribution in [2.75, 3.05) is 18.0 Å². The topological polar surface area (TPSA) is 69.6 Å². The minimum atomic E-state index is -5.08. The maximum absolute atomic E-state index is 12.6. The number of fused-ring (bicyclic) bond motifs is 1. The van der Waals surface area contributed by atoms with Gasteiger partial charge in [0.1, 0.15) is 0 Å². The number of hydrogen-bond acceptors (Lipinski definition) is 3. The van der Waals surface area contributed by atoms with E-state index in [4.69, 9.17) is 9.90 Å². The number of carbonyl (C=O) groups excluding carboxylic acids is 1. The Kier molecular flexibility index (Phi) is 7.78. The molecule has 1 unspecified atom stereocenters. The number of amides is 1. The van der Waals surface area contributed by atoms with Gasteiger partial charge in [-0.15, -0.1) is 0 Å². The molecule has 0 aliphatic carbocycles. The monoisotopic (exact) mass is 408 g/mol. The van der Waals surface area contributed by atoms with Crippen molar-refractivity contribution in [1.29, 1.82) is 0 Å². The van der Waals surface area contributed by atoms with Crippen molar-refractivity contribution >= 4 is 17.6 Å². The molecule has 3 rings (SSSR count). The maximum atomic E-state index is 12.6. The SMILES string of the molecule is CC(NCC(=O)N1CCCc2ccccc21)c1ccccc1.O=C(O)C(F)(F)F. The Morgan fingerprint density at radius 1 is 1.10 bits per heavy atom. The molecular weight excluding hydrogens is 385 g/mol. The Bertz CT molecular complexity index is 825. The highest BCUT2D eigenvalue weighted by molar-refractivity contribution is 5.96. The number of aryl methyl sites for hydroxylation is 1. The minimum absolute atomic E-state index is 0.148. The molecule has 1 heterocycles. The summed E-state index contributed by atoms with van der Waals surface area (Å²) in [5.41, 5.74) is 3.56. The van der Waals surface area contributed by atoms with Gasteiger partial charge in [-0.1, -0.05) is 48.5 Å². The second-order valence-electron chi connectivity index (χ2n) is 6.59. The number of benzene rings is 2. The van der Waals surface area contributed by atoms with Crippen LogP contribution in [-0.2, 0) is 16.0 Å². The van der Waals surface area contributed by atoms with Gasteiger partial charge >= 0.3 is 12.1 Å². The maximum Gasteiger partial charge on any atom is 0.490 e. The van der Waals surface area contributed by atoms with Gasteiger partial charge < -0.3 is 15.3 Å². The third kappa shape index (κ3) is 6.60. The summed E-state index contributed by atoms with van der Waals surface area (Å²) in [5.74, 6) is -2.61. The quantitative estimate of drug-likeness (QED) is 0.804. The normalized spacial score (nSPS) is 14.3. The molecule has 0 fully saturated rings. The first kappa shape index (κ1) is 22.4. The Morgan fingerprint density at radius 2 is 1.69 bits per heavy atom. The molecule has 156 valence electrons. The van der Waals surface area contributed by atoms with E-state index in [-0.39, 0.29) is 11.9 Å². The summed E-state index contributed by atoms with van der Waals surface area (Å²) in [6.07, 6.45) is -2.98. The van der Waals surface area contributed by atoms with E-state index in [9.17, 15) is 18.0 Å². The van der Waals surface area contributed by atoms with Gasteiger partial charge in [0.05, 0.1) is 6.54 Å².